The first kappa shape index (κ1) is 18.1. The summed E-state index contributed by atoms with van der Waals surface area (Å²) in [6.07, 6.45) is 2.51. The zero-order valence-corrected chi connectivity index (χ0v) is 12.6. The highest BCUT2D eigenvalue weighted by atomic mass is 16.3. The summed E-state index contributed by atoms with van der Waals surface area (Å²) in [7, 11) is 0. The molecule has 0 radical (unpaired) electrons. The molecule has 0 N–H and O–H groups in total. The standard InChI is InChI=1S/C14H6N6O6/c21-15-9-5-3-7(11(17-23)13(9)19-25)1-2-8-4-6-10(16-22)14(20-26)12(8)18-24/h1-6H/b2-1+. The van der Waals surface area contributed by atoms with Crippen molar-refractivity contribution in [2.45, 2.75) is 0 Å². The molecule has 12 nitrogen and oxygen atoms in total. The molecule has 0 heterocycles. The molecule has 2 rings (SSSR count). The van der Waals surface area contributed by atoms with Crippen molar-refractivity contribution >= 4 is 46.3 Å². The lowest BCUT2D eigenvalue weighted by Gasteiger charge is -2.03. The van der Waals surface area contributed by atoms with Crippen molar-refractivity contribution in [3.05, 3.63) is 64.8 Å². The van der Waals surface area contributed by atoms with Gasteiger partial charge in [-0.05, 0) is 43.2 Å². The Morgan fingerprint density at radius 3 is 1.08 bits per heavy atom. The molecule has 0 fully saturated rings. The van der Waals surface area contributed by atoms with Crippen molar-refractivity contribution in [3.8, 4) is 0 Å². The first-order chi connectivity index (χ1) is 12.6. The number of nitrogens with zero attached hydrogens (tertiary/aromatic N) is 6. The van der Waals surface area contributed by atoms with E-state index in [0.717, 1.165) is 12.1 Å². The predicted molar refractivity (Wildman–Crippen MR) is 94.5 cm³/mol. The van der Waals surface area contributed by atoms with Gasteiger partial charge in [-0.1, -0.05) is 24.3 Å². The SMILES string of the molecule is O=Nc1ccc(/C=C/c2ccc(N=O)c(N=O)c2N=O)c(N=O)c1N=O. The Kier molecular flexibility index (Phi) is 5.61. The number of rotatable bonds is 8. The fourth-order valence-corrected chi connectivity index (χ4v) is 2.14. The maximum atomic E-state index is 11.0. The van der Waals surface area contributed by atoms with Crippen LogP contribution in [0.5, 0.6) is 0 Å². The van der Waals surface area contributed by atoms with Crippen LogP contribution in [0.2, 0.25) is 0 Å². The van der Waals surface area contributed by atoms with Gasteiger partial charge in [0.15, 0.2) is 11.4 Å². The third-order valence-corrected chi connectivity index (χ3v) is 3.33. The molecule has 0 saturated carbocycles. The van der Waals surface area contributed by atoms with Crippen LogP contribution in [0.1, 0.15) is 11.1 Å². The van der Waals surface area contributed by atoms with Crippen LogP contribution < -0.4 is 0 Å². The quantitative estimate of drug-likeness (QED) is 0.399. The summed E-state index contributed by atoms with van der Waals surface area (Å²) in [5.41, 5.74) is -2.52. The van der Waals surface area contributed by atoms with E-state index in [2.05, 4.69) is 31.1 Å². The molecular formula is C14H6N6O6. The number of hydrogen-bond acceptors (Lipinski definition) is 12. The number of nitroso groups, excluding NO2 is 6. The fraction of sp³-hybridized carbons (Fsp3) is 0. The Hall–Kier alpha value is -4.22. The lowest BCUT2D eigenvalue weighted by molar-refractivity contribution is 1.36. The molecule has 0 aromatic heterocycles. The Balaban J connectivity index is 2.61. The van der Waals surface area contributed by atoms with Gasteiger partial charge in [-0.2, -0.15) is 0 Å². The molecule has 0 bridgehead atoms. The Morgan fingerprint density at radius 2 is 0.808 bits per heavy atom. The fourth-order valence-electron chi connectivity index (χ4n) is 2.14. The zero-order valence-electron chi connectivity index (χ0n) is 12.6. The van der Waals surface area contributed by atoms with Gasteiger partial charge in [-0.15, -0.1) is 29.4 Å². The van der Waals surface area contributed by atoms with Crippen molar-refractivity contribution in [1.82, 2.24) is 0 Å². The van der Waals surface area contributed by atoms with Crippen LogP contribution in [0.4, 0.5) is 34.1 Å². The van der Waals surface area contributed by atoms with E-state index in [-0.39, 0.29) is 22.5 Å². The summed E-state index contributed by atoms with van der Waals surface area (Å²) < 4.78 is 0. The Bertz CT molecular complexity index is 893. The average Bonchev–Trinajstić information content (AvgIpc) is 2.70. The van der Waals surface area contributed by atoms with Crippen LogP contribution in [0.3, 0.4) is 0 Å². The van der Waals surface area contributed by atoms with Crippen molar-refractivity contribution in [2.24, 2.45) is 31.1 Å². The van der Waals surface area contributed by atoms with Gasteiger partial charge in [-0.25, -0.2) is 0 Å². The van der Waals surface area contributed by atoms with E-state index < -0.39 is 22.7 Å². The largest absolute Gasteiger partial charge is 0.166 e. The van der Waals surface area contributed by atoms with Gasteiger partial charge in [0.1, 0.15) is 22.7 Å². The Morgan fingerprint density at radius 1 is 0.462 bits per heavy atom. The molecule has 0 spiro atoms. The van der Waals surface area contributed by atoms with Crippen LogP contribution >= 0.6 is 0 Å². The van der Waals surface area contributed by atoms with Gasteiger partial charge >= 0.3 is 0 Å². The third-order valence-electron chi connectivity index (χ3n) is 3.33. The molecule has 2 aromatic rings. The molecule has 0 saturated heterocycles. The molecule has 0 aliphatic heterocycles. The lowest BCUT2D eigenvalue weighted by Crippen LogP contribution is -1.79. The average molecular weight is 354 g/mol. The first-order valence-corrected chi connectivity index (χ1v) is 6.67. The predicted octanol–water partition coefficient (Wildman–Crippen LogP) is 6.24. The molecule has 0 amide bonds. The monoisotopic (exact) mass is 354 g/mol. The summed E-state index contributed by atoms with van der Waals surface area (Å²) in [4.78, 5) is 64.9. The normalized spacial score (nSPS) is 10.3. The van der Waals surface area contributed by atoms with Crippen molar-refractivity contribution in [1.29, 1.82) is 0 Å². The maximum Gasteiger partial charge on any atom is 0.166 e. The van der Waals surface area contributed by atoms with Gasteiger partial charge in [0.2, 0.25) is 0 Å². The molecule has 0 aliphatic carbocycles. The first-order valence-electron chi connectivity index (χ1n) is 6.67. The second kappa shape index (κ2) is 8.05. The van der Waals surface area contributed by atoms with Crippen molar-refractivity contribution in [2.75, 3.05) is 0 Å². The number of hydrogen-bond donors (Lipinski definition) is 0. The molecule has 12 heteroatoms. The topological polar surface area (TPSA) is 177 Å². The molecular weight excluding hydrogens is 348 g/mol. The van der Waals surface area contributed by atoms with E-state index in [1.54, 1.807) is 0 Å². The van der Waals surface area contributed by atoms with E-state index in [9.17, 15) is 29.4 Å². The highest BCUT2D eigenvalue weighted by Crippen LogP contribution is 2.43. The summed E-state index contributed by atoms with van der Waals surface area (Å²) in [5, 5.41) is 15.6. The van der Waals surface area contributed by atoms with E-state index in [0.29, 0.717) is 0 Å². The maximum absolute atomic E-state index is 11.0. The van der Waals surface area contributed by atoms with Crippen molar-refractivity contribution < 1.29 is 0 Å². The smallest absolute Gasteiger partial charge is 0.145 e. The second-order valence-corrected chi connectivity index (χ2v) is 4.62. The van der Waals surface area contributed by atoms with E-state index in [1.165, 1.54) is 24.3 Å². The minimum Gasteiger partial charge on any atom is -0.145 e. The van der Waals surface area contributed by atoms with Crippen LogP contribution in [0.15, 0.2) is 55.3 Å². The zero-order chi connectivity index (χ0) is 19.1. The third kappa shape index (κ3) is 3.19. The second-order valence-electron chi connectivity index (χ2n) is 4.62. The summed E-state index contributed by atoms with van der Waals surface area (Å²) in [5.74, 6) is 0. The van der Waals surface area contributed by atoms with Crippen LogP contribution in [0.25, 0.3) is 12.2 Å². The lowest BCUT2D eigenvalue weighted by atomic mass is 10.1. The van der Waals surface area contributed by atoms with Gasteiger partial charge in [0.05, 0.1) is 0 Å². The minimum atomic E-state index is -0.540. The number of benzene rings is 2. The summed E-state index contributed by atoms with van der Waals surface area (Å²) in [6, 6.07) is 4.84. The molecule has 128 valence electrons. The molecule has 0 atom stereocenters. The van der Waals surface area contributed by atoms with Crippen LogP contribution in [0, 0.1) is 29.4 Å². The van der Waals surface area contributed by atoms with E-state index in [1.807, 2.05) is 0 Å². The summed E-state index contributed by atoms with van der Waals surface area (Å²) in [6.45, 7) is 0. The molecule has 2 aromatic carbocycles. The van der Waals surface area contributed by atoms with Crippen LogP contribution in [-0.4, -0.2) is 0 Å². The molecule has 26 heavy (non-hydrogen) atoms. The van der Waals surface area contributed by atoms with Crippen LogP contribution in [-0.2, 0) is 0 Å². The molecule has 0 aliphatic rings. The van der Waals surface area contributed by atoms with Gasteiger partial charge in [0, 0.05) is 11.1 Å². The van der Waals surface area contributed by atoms with Gasteiger partial charge in [-0.3, -0.25) is 0 Å². The van der Waals surface area contributed by atoms with Crippen molar-refractivity contribution in [3.63, 3.8) is 0 Å². The van der Waals surface area contributed by atoms with Gasteiger partial charge < -0.3 is 0 Å². The van der Waals surface area contributed by atoms with Gasteiger partial charge in [0.25, 0.3) is 0 Å². The van der Waals surface area contributed by atoms with E-state index in [4.69, 9.17) is 0 Å². The highest BCUT2D eigenvalue weighted by molar-refractivity contribution is 5.90. The van der Waals surface area contributed by atoms with E-state index >= 15 is 0 Å². The summed E-state index contributed by atoms with van der Waals surface area (Å²) >= 11 is 0. The highest BCUT2D eigenvalue weighted by Gasteiger charge is 2.17. The minimum absolute atomic E-state index is 0.0806. The molecule has 0 unspecified atom stereocenters. The Labute approximate surface area is 143 Å².